The summed E-state index contributed by atoms with van der Waals surface area (Å²) in [5, 5.41) is 12.1. The van der Waals surface area contributed by atoms with Gasteiger partial charge in [0, 0.05) is 29.7 Å². The summed E-state index contributed by atoms with van der Waals surface area (Å²) in [4.78, 5) is 14.7. The van der Waals surface area contributed by atoms with Gasteiger partial charge in [0.1, 0.15) is 5.75 Å². The van der Waals surface area contributed by atoms with E-state index in [0.29, 0.717) is 18.7 Å². The van der Waals surface area contributed by atoms with E-state index < -0.39 is 0 Å². The first kappa shape index (κ1) is 12.7. The number of phenols is 1. The molecule has 0 aliphatic heterocycles. The van der Waals surface area contributed by atoms with Gasteiger partial charge in [-0.3, -0.25) is 9.79 Å². The van der Waals surface area contributed by atoms with Crippen molar-refractivity contribution in [1.82, 2.24) is 5.32 Å². The predicted molar refractivity (Wildman–Crippen MR) is 67.0 cm³/mol. The minimum Gasteiger partial charge on any atom is -0.507 e. The lowest BCUT2D eigenvalue weighted by Crippen LogP contribution is -2.22. The Bertz CT molecular complexity index is 405. The maximum atomic E-state index is 10.6. The van der Waals surface area contributed by atoms with Crippen molar-refractivity contribution in [3.63, 3.8) is 0 Å². The first-order valence-electron chi connectivity index (χ1n) is 4.82. The molecule has 0 radical (unpaired) electrons. The molecule has 16 heavy (non-hydrogen) atoms. The summed E-state index contributed by atoms with van der Waals surface area (Å²) < 4.78 is 0.883. The lowest BCUT2D eigenvalue weighted by molar-refractivity contribution is -0.118. The van der Waals surface area contributed by atoms with Crippen molar-refractivity contribution in [2.24, 2.45) is 4.99 Å². The van der Waals surface area contributed by atoms with E-state index in [1.807, 2.05) is 0 Å². The zero-order chi connectivity index (χ0) is 12.0. The molecular formula is C11H13BrN2O2. The van der Waals surface area contributed by atoms with Gasteiger partial charge in [0.15, 0.2) is 0 Å². The molecule has 1 aromatic rings. The molecule has 1 rings (SSSR count). The van der Waals surface area contributed by atoms with Gasteiger partial charge in [0.2, 0.25) is 5.91 Å². The molecular weight excluding hydrogens is 272 g/mol. The number of hydrogen-bond acceptors (Lipinski definition) is 3. The summed E-state index contributed by atoms with van der Waals surface area (Å²) in [5.74, 6) is 0.118. The second-order valence-electron chi connectivity index (χ2n) is 3.22. The molecule has 0 unspecified atom stereocenters. The lowest BCUT2D eigenvalue weighted by Gasteiger charge is -2.00. The van der Waals surface area contributed by atoms with Crippen LogP contribution in [-0.2, 0) is 4.79 Å². The zero-order valence-electron chi connectivity index (χ0n) is 8.90. The Kier molecular flexibility index (Phi) is 4.98. The quantitative estimate of drug-likeness (QED) is 0.653. The maximum absolute atomic E-state index is 10.6. The number of aliphatic imine (C=N–C) groups is 1. The summed E-state index contributed by atoms with van der Waals surface area (Å²) in [6.45, 7) is 2.45. The van der Waals surface area contributed by atoms with E-state index >= 15 is 0 Å². The predicted octanol–water partition coefficient (Wildman–Crippen LogP) is 1.71. The molecule has 0 atom stereocenters. The minimum atomic E-state index is -0.0690. The van der Waals surface area contributed by atoms with Gasteiger partial charge in [-0.05, 0) is 18.2 Å². The molecule has 0 aromatic heterocycles. The average Bonchev–Trinajstić information content (AvgIpc) is 2.22. The van der Waals surface area contributed by atoms with Crippen LogP contribution in [0.1, 0.15) is 12.5 Å². The van der Waals surface area contributed by atoms with Crippen LogP contribution in [0.5, 0.6) is 5.75 Å². The summed E-state index contributed by atoms with van der Waals surface area (Å²) in [6, 6.07) is 5.13. The second kappa shape index (κ2) is 6.27. The summed E-state index contributed by atoms with van der Waals surface area (Å²) in [6.07, 6.45) is 1.59. The average molecular weight is 285 g/mol. The lowest BCUT2D eigenvalue weighted by atomic mass is 10.2. The van der Waals surface area contributed by atoms with Gasteiger partial charge in [-0.1, -0.05) is 15.9 Å². The third-order valence-corrected chi connectivity index (χ3v) is 2.33. The van der Waals surface area contributed by atoms with Gasteiger partial charge in [-0.25, -0.2) is 0 Å². The van der Waals surface area contributed by atoms with E-state index in [-0.39, 0.29) is 11.7 Å². The molecule has 0 aliphatic rings. The first-order chi connectivity index (χ1) is 7.59. The van der Waals surface area contributed by atoms with Crippen LogP contribution in [0.25, 0.3) is 0 Å². The molecule has 5 heteroatoms. The normalized spacial score (nSPS) is 10.6. The van der Waals surface area contributed by atoms with Crippen LogP contribution in [0, 0.1) is 0 Å². The Morgan fingerprint density at radius 3 is 3.06 bits per heavy atom. The topological polar surface area (TPSA) is 61.7 Å². The molecule has 0 heterocycles. The molecule has 4 nitrogen and oxygen atoms in total. The zero-order valence-corrected chi connectivity index (χ0v) is 10.5. The molecule has 0 saturated heterocycles. The summed E-state index contributed by atoms with van der Waals surface area (Å²) in [5.41, 5.74) is 0.650. The number of carbonyl (C=O) groups is 1. The van der Waals surface area contributed by atoms with Gasteiger partial charge in [0.05, 0.1) is 6.54 Å². The molecule has 0 fully saturated rings. The fourth-order valence-electron chi connectivity index (χ4n) is 1.09. The van der Waals surface area contributed by atoms with E-state index in [2.05, 4.69) is 26.2 Å². The van der Waals surface area contributed by atoms with Gasteiger partial charge >= 0.3 is 0 Å². The molecule has 0 aliphatic carbocycles. The SMILES string of the molecule is CC(=O)NCCN=Cc1cc(Br)ccc1O. The summed E-state index contributed by atoms with van der Waals surface area (Å²) in [7, 11) is 0. The minimum absolute atomic E-state index is 0.0690. The standard InChI is InChI=1S/C11H13BrN2O2/c1-8(15)14-5-4-13-7-9-6-10(12)2-3-11(9)16/h2-3,6-7,16H,4-5H2,1H3,(H,14,15). The van der Waals surface area contributed by atoms with Crippen LogP contribution in [0.15, 0.2) is 27.7 Å². The van der Waals surface area contributed by atoms with Crippen LogP contribution in [-0.4, -0.2) is 30.3 Å². The van der Waals surface area contributed by atoms with Crippen LogP contribution in [0.3, 0.4) is 0 Å². The maximum Gasteiger partial charge on any atom is 0.216 e. The van der Waals surface area contributed by atoms with Crippen LogP contribution < -0.4 is 5.32 Å². The number of benzene rings is 1. The molecule has 1 aromatic carbocycles. The number of amides is 1. The van der Waals surface area contributed by atoms with Crippen molar-refractivity contribution >= 4 is 28.1 Å². The van der Waals surface area contributed by atoms with Crippen LogP contribution in [0.4, 0.5) is 0 Å². The number of rotatable bonds is 4. The Morgan fingerprint density at radius 1 is 1.62 bits per heavy atom. The highest BCUT2D eigenvalue weighted by Gasteiger charge is 1.97. The fraction of sp³-hybridized carbons (Fsp3) is 0.273. The largest absolute Gasteiger partial charge is 0.507 e. The van der Waals surface area contributed by atoms with E-state index in [9.17, 15) is 9.90 Å². The van der Waals surface area contributed by atoms with Gasteiger partial charge in [0.25, 0.3) is 0 Å². The number of nitrogens with zero attached hydrogens (tertiary/aromatic N) is 1. The Balaban J connectivity index is 2.49. The Morgan fingerprint density at radius 2 is 2.38 bits per heavy atom. The van der Waals surface area contributed by atoms with E-state index in [4.69, 9.17) is 0 Å². The first-order valence-corrected chi connectivity index (χ1v) is 5.61. The van der Waals surface area contributed by atoms with Crippen LogP contribution in [0.2, 0.25) is 0 Å². The van der Waals surface area contributed by atoms with Crippen LogP contribution >= 0.6 is 15.9 Å². The van der Waals surface area contributed by atoms with Gasteiger partial charge in [-0.2, -0.15) is 0 Å². The van der Waals surface area contributed by atoms with E-state index in [0.717, 1.165) is 4.47 Å². The Hall–Kier alpha value is -1.36. The summed E-state index contributed by atoms with van der Waals surface area (Å²) >= 11 is 3.31. The van der Waals surface area contributed by atoms with E-state index in [1.165, 1.54) is 6.92 Å². The van der Waals surface area contributed by atoms with Crippen molar-refractivity contribution in [2.75, 3.05) is 13.1 Å². The highest BCUT2D eigenvalue weighted by atomic mass is 79.9. The second-order valence-corrected chi connectivity index (χ2v) is 4.14. The monoisotopic (exact) mass is 284 g/mol. The van der Waals surface area contributed by atoms with Crippen molar-refractivity contribution in [2.45, 2.75) is 6.92 Å². The van der Waals surface area contributed by atoms with E-state index in [1.54, 1.807) is 24.4 Å². The van der Waals surface area contributed by atoms with Crippen molar-refractivity contribution in [1.29, 1.82) is 0 Å². The number of aromatic hydroxyl groups is 1. The third-order valence-electron chi connectivity index (χ3n) is 1.83. The molecule has 0 bridgehead atoms. The molecule has 86 valence electrons. The smallest absolute Gasteiger partial charge is 0.216 e. The molecule has 0 saturated carbocycles. The number of carbonyl (C=O) groups excluding carboxylic acids is 1. The van der Waals surface area contributed by atoms with Crippen molar-refractivity contribution < 1.29 is 9.90 Å². The molecule has 1 amide bonds. The van der Waals surface area contributed by atoms with Crippen molar-refractivity contribution in [3.05, 3.63) is 28.2 Å². The number of phenolic OH excluding ortho intramolecular Hbond substituents is 1. The molecule has 0 spiro atoms. The van der Waals surface area contributed by atoms with Crippen molar-refractivity contribution in [3.8, 4) is 5.75 Å². The fourth-order valence-corrected chi connectivity index (χ4v) is 1.47. The Labute approximate surface area is 103 Å². The highest BCUT2D eigenvalue weighted by molar-refractivity contribution is 9.10. The highest BCUT2D eigenvalue weighted by Crippen LogP contribution is 2.19. The number of hydrogen-bond donors (Lipinski definition) is 2. The van der Waals surface area contributed by atoms with Gasteiger partial charge in [-0.15, -0.1) is 0 Å². The molecule has 2 N–H and O–H groups in total. The number of halogens is 1. The number of nitrogens with one attached hydrogen (secondary N) is 1. The van der Waals surface area contributed by atoms with Gasteiger partial charge < -0.3 is 10.4 Å². The third kappa shape index (κ3) is 4.44.